The number of nitrogens with zero attached hydrogens (tertiary/aromatic N) is 1. The summed E-state index contributed by atoms with van der Waals surface area (Å²) in [7, 11) is 0. The van der Waals surface area contributed by atoms with Crippen LogP contribution in [0.15, 0.2) is 133 Å². The van der Waals surface area contributed by atoms with Gasteiger partial charge in [0.2, 0.25) is 0 Å². The number of phenolic OH excluding ortho intramolecular Hbond substituents is 1. The number of pyridine rings is 1. The van der Waals surface area contributed by atoms with Crippen molar-refractivity contribution in [3.63, 3.8) is 0 Å². The Bertz CT molecular complexity index is 2370. The first-order valence-corrected chi connectivity index (χ1v) is 14.2. The molecule has 0 saturated heterocycles. The van der Waals surface area contributed by atoms with Gasteiger partial charge in [-0.25, -0.2) is 4.98 Å². The molecule has 0 bridgehead atoms. The number of aromatic amines is 1. The van der Waals surface area contributed by atoms with Crippen molar-refractivity contribution in [2.45, 2.75) is 0 Å². The minimum atomic E-state index is 0.192. The summed E-state index contributed by atoms with van der Waals surface area (Å²) in [5, 5.41) is 29.1. The Morgan fingerprint density at radius 3 is 2.26 bits per heavy atom. The van der Waals surface area contributed by atoms with Crippen molar-refractivity contribution in [1.29, 1.82) is 5.41 Å². The third kappa shape index (κ3) is 4.10. The Morgan fingerprint density at radius 2 is 1.33 bits per heavy atom. The molecule has 4 N–H and O–H groups in total. The van der Waals surface area contributed by atoms with Gasteiger partial charge in [0, 0.05) is 44.1 Å². The second kappa shape index (κ2) is 9.86. The van der Waals surface area contributed by atoms with Crippen LogP contribution in [-0.4, -0.2) is 20.8 Å². The molecule has 0 radical (unpaired) electrons. The highest BCUT2D eigenvalue weighted by molar-refractivity contribution is 6.26. The van der Waals surface area contributed by atoms with Crippen LogP contribution in [-0.2, 0) is 0 Å². The fourth-order valence-electron chi connectivity index (χ4n) is 6.09. The van der Waals surface area contributed by atoms with Gasteiger partial charge in [0.05, 0.1) is 28.1 Å². The van der Waals surface area contributed by atoms with E-state index in [0.29, 0.717) is 17.0 Å². The maximum absolute atomic E-state index is 10.4. The van der Waals surface area contributed by atoms with Crippen molar-refractivity contribution in [3.8, 4) is 17.0 Å². The summed E-state index contributed by atoms with van der Waals surface area (Å²) >= 11 is 0. The maximum Gasteiger partial charge on any atom is 0.124 e. The van der Waals surface area contributed by atoms with Gasteiger partial charge in [0.15, 0.2) is 0 Å². The molecule has 2 aromatic heterocycles. The molecule has 0 amide bonds. The zero-order valence-corrected chi connectivity index (χ0v) is 23.1. The molecule has 0 unspecified atom stereocenters. The number of para-hydroxylation sites is 4. The second-order valence-corrected chi connectivity index (χ2v) is 10.7. The van der Waals surface area contributed by atoms with Gasteiger partial charge in [-0.2, -0.15) is 0 Å². The standard InChI is InChI=1S/C38H26N4O/c39-36(29-15-8-14-28-35-25-11-2-1-9-23(25)19-22-32(35)42-38(28)29)27-13-3-5-16-30(27)40-33-17-7-10-24-20-21-31(41-37(24)33)26-12-4-6-18-34(26)43/h1-22,39-40,42-43H. The molecule has 0 saturated carbocycles. The normalized spacial score (nSPS) is 11.4. The molecule has 6 aromatic carbocycles. The van der Waals surface area contributed by atoms with E-state index in [0.717, 1.165) is 49.8 Å². The minimum Gasteiger partial charge on any atom is -0.507 e. The largest absolute Gasteiger partial charge is 0.507 e. The Balaban J connectivity index is 1.23. The molecule has 5 nitrogen and oxygen atoms in total. The molecule has 8 aromatic rings. The molecule has 0 aliphatic heterocycles. The molecule has 0 spiro atoms. The van der Waals surface area contributed by atoms with Crippen molar-refractivity contribution in [1.82, 2.24) is 9.97 Å². The summed E-state index contributed by atoms with van der Waals surface area (Å²) in [5.41, 5.74) is 7.85. The van der Waals surface area contributed by atoms with Crippen LogP contribution in [0.25, 0.3) is 54.7 Å². The van der Waals surface area contributed by atoms with Crippen LogP contribution >= 0.6 is 0 Å². The number of phenols is 1. The van der Waals surface area contributed by atoms with E-state index in [1.54, 1.807) is 12.1 Å². The van der Waals surface area contributed by atoms with Crippen molar-refractivity contribution < 1.29 is 5.11 Å². The zero-order valence-electron chi connectivity index (χ0n) is 23.1. The van der Waals surface area contributed by atoms with Gasteiger partial charge < -0.3 is 15.4 Å². The molecule has 8 rings (SSSR count). The lowest BCUT2D eigenvalue weighted by molar-refractivity contribution is 0.477. The van der Waals surface area contributed by atoms with Crippen LogP contribution in [0, 0.1) is 5.41 Å². The summed E-state index contributed by atoms with van der Waals surface area (Å²) in [6.07, 6.45) is 0. The number of rotatable bonds is 5. The average molecular weight is 555 g/mol. The molecule has 204 valence electrons. The topological polar surface area (TPSA) is 84.8 Å². The van der Waals surface area contributed by atoms with E-state index in [2.05, 4.69) is 52.8 Å². The van der Waals surface area contributed by atoms with E-state index in [4.69, 9.17) is 4.98 Å². The number of anilines is 2. The number of nitrogens with one attached hydrogen (secondary N) is 3. The summed E-state index contributed by atoms with van der Waals surface area (Å²) in [4.78, 5) is 8.56. The lowest BCUT2D eigenvalue weighted by atomic mass is 9.97. The fraction of sp³-hybridized carbons (Fsp3) is 0. The van der Waals surface area contributed by atoms with Crippen molar-refractivity contribution in [3.05, 3.63) is 145 Å². The van der Waals surface area contributed by atoms with Gasteiger partial charge in [-0.05, 0) is 47.2 Å². The van der Waals surface area contributed by atoms with Gasteiger partial charge in [-0.3, -0.25) is 5.41 Å². The van der Waals surface area contributed by atoms with Crippen molar-refractivity contribution in [2.75, 3.05) is 5.32 Å². The molecule has 5 heteroatoms. The predicted molar refractivity (Wildman–Crippen MR) is 178 cm³/mol. The number of hydrogen-bond acceptors (Lipinski definition) is 4. The van der Waals surface area contributed by atoms with Crippen LogP contribution in [0.4, 0.5) is 11.4 Å². The van der Waals surface area contributed by atoms with E-state index in [1.807, 2.05) is 78.9 Å². The molecule has 43 heavy (non-hydrogen) atoms. The summed E-state index contributed by atoms with van der Waals surface area (Å²) in [6, 6.07) is 44.0. The lowest BCUT2D eigenvalue weighted by Crippen LogP contribution is -2.06. The van der Waals surface area contributed by atoms with Gasteiger partial charge in [0.25, 0.3) is 0 Å². The third-order valence-electron chi connectivity index (χ3n) is 8.16. The summed E-state index contributed by atoms with van der Waals surface area (Å²) < 4.78 is 0. The first-order chi connectivity index (χ1) is 21.2. The zero-order chi connectivity index (χ0) is 28.9. The van der Waals surface area contributed by atoms with Crippen molar-refractivity contribution >= 4 is 60.6 Å². The van der Waals surface area contributed by atoms with E-state index >= 15 is 0 Å². The Hall–Kier alpha value is -5.94. The quantitative estimate of drug-likeness (QED) is 0.160. The Morgan fingerprint density at radius 1 is 0.628 bits per heavy atom. The predicted octanol–water partition coefficient (Wildman–Crippen LogP) is 9.55. The highest BCUT2D eigenvalue weighted by Gasteiger charge is 2.17. The summed E-state index contributed by atoms with van der Waals surface area (Å²) in [6.45, 7) is 0. The molecule has 2 heterocycles. The number of benzene rings is 6. The molecule has 0 aliphatic carbocycles. The van der Waals surface area contributed by atoms with Crippen LogP contribution in [0.5, 0.6) is 5.75 Å². The Labute approximate surface area is 247 Å². The SMILES string of the molecule is N=C(c1ccccc1Nc1cccc2ccc(-c3ccccc3O)nc12)c1cccc2c1[nH]c1ccc3ccccc3c12. The molecular weight excluding hydrogens is 528 g/mol. The minimum absolute atomic E-state index is 0.192. The first kappa shape index (κ1) is 24.8. The monoisotopic (exact) mass is 554 g/mol. The second-order valence-electron chi connectivity index (χ2n) is 10.7. The Kier molecular flexibility index (Phi) is 5.69. The molecular formula is C38H26N4O. The van der Waals surface area contributed by atoms with E-state index in [1.165, 1.54) is 16.2 Å². The number of aromatic nitrogens is 2. The number of H-pyrrole nitrogens is 1. The highest BCUT2D eigenvalue weighted by Crippen LogP contribution is 2.36. The van der Waals surface area contributed by atoms with Crippen LogP contribution in [0.2, 0.25) is 0 Å². The number of hydrogen-bond donors (Lipinski definition) is 4. The average Bonchev–Trinajstić information content (AvgIpc) is 3.44. The molecule has 0 fully saturated rings. The van der Waals surface area contributed by atoms with E-state index < -0.39 is 0 Å². The van der Waals surface area contributed by atoms with Crippen LogP contribution in [0.1, 0.15) is 11.1 Å². The number of fused-ring (bicyclic) bond motifs is 6. The smallest absolute Gasteiger partial charge is 0.124 e. The third-order valence-corrected chi connectivity index (χ3v) is 8.16. The molecule has 0 aliphatic rings. The first-order valence-electron chi connectivity index (χ1n) is 14.2. The van der Waals surface area contributed by atoms with Crippen LogP contribution in [0.3, 0.4) is 0 Å². The van der Waals surface area contributed by atoms with Crippen molar-refractivity contribution in [2.24, 2.45) is 0 Å². The lowest BCUT2D eigenvalue weighted by Gasteiger charge is -2.15. The van der Waals surface area contributed by atoms with Gasteiger partial charge in [-0.15, -0.1) is 0 Å². The molecule has 0 atom stereocenters. The van der Waals surface area contributed by atoms with E-state index in [9.17, 15) is 10.5 Å². The fourth-order valence-corrected chi connectivity index (χ4v) is 6.09. The summed E-state index contributed by atoms with van der Waals surface area (Å²) in [5.74, 6) is 0.192. The number of aromatic hydroxyl groups is 1. The maximum atomic E-state index is 10.4. The highest BCUT2D eigenvalue weighted by atomic mass is 16.3. The van der Waals surface area contributed by atoms with E-state index in [-0.39, 0.29) is 5.75 Å². The van der Waals surface area contributed by atoms with Crippen LogP contribution < -0.4 is 5.32 Å². The van der Waals surface area contributed by atoms with Gasteiger partial charge >= 0.3 is 0 Å². The van der Waals surface area contributed by atoms with Gasteiger partial charge in [0.1, 0.15) is 5.75 Å². The van der Waals surface area contributed by atoms with Gasteiger partial charge in [-0.1, -0.05) is 97.1 Å².